The monoisotopic (exact) mass is 494 g/mol. The maximum Gasteiger partial charge on any atom is 0.221 e. The number of hydrogen-bond acceptors (Lipinski definition) is 2. The van der Waals surface area contributed by atoms with Gasteiger partial charge in [-0.3, -0.25) is 9.59 Å². The summed E-state index contributed by atoms with van der Waals surface area (Å²) in [5.74, 6) is -0.0804. The summed E-state index contributed by atoms with van der Waals surface area (Å²) in [4.78, 5) is 22.3. The lowest BCUT2D eigenvalue weighted by atomic mass is 10.0. The van der Waals surface area contributed by atoms with E-state index in [9.17, 15) is 9.59 Å². The second kappa shape index (κ2) is 29.2. The maximum absolute atomic E-state index is 11.6. The Morgan fingerprint density at radius 2 is 0.714 bits per heavy atom. The summed E-state index contributed by atoms with van der Waals surface area (Å²) in [6.07, 6.45) is 35.3. The van der Waals surface area contributed by atoms with Crippen LogP contribution in [0.4, 0.5) is 0 Å². The van der Waals surface area contributed by atoms with Gasteiger partial charge in [-0.05, 0) is 6.42 Å². The van der Waals surface area contributed by atoms with Gasteiger partial charge in [0.1, 0.15) is 0 Å². The zero-order valence-corrected chi connectivity index (χ0v) is 23.9. The van der Waals surface area contributed by atoms with Crippen LogP contribution in [0.2, 0.25) is 0 Å². The number of nitrogens with one attached hydrogen (secondary N) is 2. The van der Waals surface area contributed by atoms with Gasteiger partial charge in [-0.1, -0.05) is 161 Å². The Morgan fingerprint density at radius 1 is 0.429 bits per heavy atom. The summed E-state index contributed by atoms with van der Waals surface area (Å²) < 4.78 is 0. The minimum absolute atomic E-state index is 0.0350. The van der Waals surface area contributed by atoms with E-state index < -0.39 is 0 Å². The van der Waals surface area contributed by atoms with E-state index in [4.69, 9.17) is 0 Å². The largest absolute Gasteiger partial charge is 0.339 e. The second-order valence-corrected chi connectivity index (χ2v) is 10.7. The summed E-state index contributed by atoms with van der Waals surface area (Å²) in [7, 11) is 0. The Hall–Kier alpha value is -1.06. The molecular weight excluding hydrogens is 432 g/mol. The van der Waals surface area contributed by atoms with Gasteiger partial charge in [-0.25, -0.2) is 0 Å². The Kier molecular flexibility index (Phi) is 28.3. The molecule has 0 saturated heterocycles. The first-order chi connectivity index (χ1) is 17.2. The third-order valence-corrected chi connectivity index (χ3v) is 7.13. The van der Waals surface area contributed by atoms with Gasteiger partial charge in [0.05, 0.1) is 6.67 Å². The lowest BCUT2D eigenvalue weighted by Crippen LogP contribution is -2.35. The molecule has 0 saturated carbocycles. The first-order valence-electron chi connectivity index (χ1n) is 15.7. The van der Waals surface area contributed by atoms with Crippen LogP contribution < -0.4 is 10.6 Å². The normalized spacial score (nSPS) is 11.0. The molecule has 35 heavy (non-hydrogen) atoms. The van der Waals surface area contributed by atoms with Crippen molar-refractivity contribution >= 4 is 11.8 Å². The van der Waals surface area contributed by atoms with Crippen molar-refractivity contribution in [3.05, 3.63) is 0 Å². The summed E-state index contributed by atoms with van der Waals surface area (Å²) in [5.41, 5.74) is 0. The summed E-state index contributed by atoms with van der Waals surface area (Å²) in [6, 6.07) is 0. The van der Waals surface area contributed by atoms with Crippen molar-refractivity contribution in [2.75, 3.05) is 6.67 Å². The van der Waals surface area contributed by atoms with Crippen molar-refractivity contribution < 1.29 is 9.59 Å². The fourth-order valence-corrected chi connectivity index (χ4v) is 4.78. The molecule has 0 unspecified atom stereocenters. The molecule has 0 spiro atoms. The average molecular weight is 495 g/mol. The molecule has 208 valence electrons. The molecule has 0 aliphatic heterocycles. The van der Waals surface area contributed by atoms with Crippen LogP contribution in [-0.4, -0.2) is 18.5 Å². The third-order valence-electron chi connectivity index (χ3n) is 7.13. The summed E-state index contributed by atoms with van der Waals surface area (Å²) >= 11 is 0. The van der Waals surface area contributed by atoms with Gasteiger partial charge in [0.25, 0.3) is 0 Å². The molecule has 0 aliphatic rings. The van der Waals surface area contributed by atoms with Crippen LogP contribution in [0.3, 0.4) is 0 Å². The molecule has 2 N–H and O–H groups in total. The van der Waals surface area contributed by atoms with Crippen LogP contribution in [0, 0.1) is 0 Å². The van der Waals surface area contributed by atoms with Crippen molar-refractivity contribution in [3.8, 4) is 0 Å². The molecule has 4 heteroatoms. The SMILES string of the molecule is CCCCCCCCCCCCCCCCCCCCCCCCCCCC(=O)NCNC(C)=O. The van der Waals surface area contributed by atoms with Gasteiger partial charge in [0.2, 0.25) is 11.8 Å². The number of unbranched alkanes of at least 4 members (excludes halogenated alkanes) is 24. The van der Waals surface area contributed by atoms with E-state index in [1.165, 1.54) is 155 Å². The van der Waals surface area contributed by atoms with Crippen LogP contribution in [0.1, 0.15) is 181 Å². The highest BCUT2D eigenvalue weighted by Crippen LogP contribution is 2.15. The van der Waals surface area contributed by atoms with Gasteiger partial charge >= 0.3 is 0 Å². The van der Waals surface area contributed by atoms with Gasteiger partial charge in [0.15, 0.2) is 0 Å². The van der Waals surface area contributed by atoms with E-state index in [1.807, 2.05) is 0 Å². The zero-order valence-electron chi connectivity index (χ0n) is 23.9. The van der Waals surface area contributed by atoms with E-state index in [-0.39, 0.29) is 18.5 Å². The average Bonchev–Trinajstić information content (AvgIpc) is 2.83. The van der Waals surface area contributed by atoms with Gasteiger partial charge in [-0.15, -0.1) is 0 Å². The molecule has 4 nitrogen and oxygen atoms in total. The highest BCUT2D eigenvalue weighted by Gasteiger charge is 2.01. The topological polar surface area (TPSA) is 58.2 Å². The van der Waals surface area contributed by atoms with Crippen LogP contribution in [0.25, 0.3) is 0 Å². The van der Waals surface area contributed by atoms with Gasteiger partial charge < -0.3 is 10.6 Å². The van der Waals surface area contributed by atoms with E-state index in [0.29, 0.717) is 6.42 Å². The van der Waals surface area contributed by atoms with Crippen molar-refractivity contribution in [2.24, 2.45) is 0 Å². The molecule has 0 radical (unpaired) electrons. The molecule has 0 aromatic rings. The predicted molar refractivity (Wildman–Crippen MR) is 153 cm³/mol. The molecule has 0 heterocycles. The van der Waals surface area contributed by atoms with Crippen molar-refractivity contribution in [1.82, 2.24) is 10.6 Å². The quantitative estimate of drug-likeness (QED) is 0.0840. The maximum atomic E-state index is 11.6. The number of amides is 2. The van der Waals surface area contributed by atoms with E-state index in [1.54, 1.807) is 0 Å². The number of hydrogen-bond donors (Lipinski definition) is 2. The summed E-state index contributed by atoms with van der Waals surface area (Å²) in [5, 5.41) is 5.29. The lowest BCUT2D eigenvalue weighted by molar-refractivity contribution is -0.122. The van der Waals surface area contributed by atoms with Crippen LogP contribution in [0.5, 0.6) is 0 Å². The van der Waals surface area contributed by atoms with Crippen LogP contribution >= 0.6 is 0 Å². The smallest absolute Gasteiger partial charge is 0.221 e. The molecule has 0 rings (SSSR count). The number of carbonyl (C=O) groups excluding carboxylic acids is 2. The minimum Gasteiger partial charge on any atom is -0.339 e. The van der Waals surface area contributed by atoms with Crippen molar-refractivity contribution in [2.45, 2.75) is 181 Å². The Morgan fingerprint density at radius 3 is 1.00 bits per heavy atom. The standard InChI is InChI=1S/C31H62N2O2/c1-3-4-5-6-7-8-9-10-11-12-13-14-15-16-17-18-19-20-21-22-23-24-25-26-27-28-31(35)33-29-32-30(2)34/h3-29H2,1-2H3,(H,32,34)(H,33,35). The highest BCUT2D eigenvalue weighted by atomic mass is 16.2. The molecule has 0 bridgehead atoms. The van der Waals surface area contributed by atoms with E-state index in [0.717, 1.165) is 12.8 Å². The predicted octanol–water partition coefficient (Wildman–Crippen LogP) is 9.36. The van der Waals surface area contributed by atoms with E-state index >= 15 is 0 Å². The molecule has 0 aromatic carbocycles. The molecule has 0 atom stereocenters. The molecular formula is C31H62N2O2. The fourth-order valence-electron chi connectivity index (χ4n) is 4.78. The fraction of sp³-hybridized carbons (Fsp3) is 0.935. The van der Waals surface area contributed by atoms with E-state index in [2.05, 4.69) is 17.6 Å². The lowest BCUT2D eigenvalue weighted by Gasteiger charge is -2.06. The van der Waals surface area contributed by atoms with Gasteiger partial charge in [0, 0.05) is 13.3 Å². The molecule has 2 amide bonds. The molecule has 0 aliphatic carbocycles. The number of carbonyl (C=O) groups is 2. The second-order valence-electron chi connectivity index (χ2n) is 10.7. The Labute approximate surface area is 219 Å². The first-order valence-corrected chi connectivity index (χ1v) is 15.7. The number of rotatable bonds is 28. The van der Waals surface area contributed by atoms with Crippen molar-refractivity contribution in [1.29, 1.82) is 0 Å². The molecule has 0 fully saturated rings. The van der Waals surface area contributed by atoms with Gasteiger partial charge in [-0.2, -0.15) is 0 Å². The van der Waals surface area contributed by atoms with Crippen LogP contribution in [-0.2, 0) is 9.59 Å². The Bertz CT molecular complexity index is 453. The van der Waals surface area contributed by atoms with Crippen molar-refractivity contribution in [3.63, 3.8) is 0 Å². The third kappa shape index (κ3) is 30.9. The summed E-state index contributed by atoms with van der Waals surface area (Å²) in [6.45, 7) is 3.99. The Balaban J connectivity index is 3.09. The zero-order chi connectivity index (χ0) is 25.7. The first kappa shape index (κ1) is 33.9. The van der Waals surface area contributed by atoms with Crippen LogP contribution in [0.15, 0.2) is 0 Å². The minimum atomic E-state index is -0.115. The molecule has 0 aromatic heterocycles. The highest BCUT2D eigenvalue weighted by molar-refractivity contribution is 5.77.